The molecule has 0 fully saturated rings. The van der Waals surface area contributed by atoms with Gasteiger partial charge in [0.25, 0.3) is 0 Å². The molecule has 0 radical (unpaired) electrons. The molecule has 2 atom stereocenters. The number of rotatable bonds is 13. The summed E-state index contributed by atoms with van der Waals surface area (Å²) in [6.45, 7) is 7.33. The Morgan fingerprint density at radius 2 is 1.78 bits per heavy atom. The maximum atomic E-state index is 5.78. The highest BCUT2D eigenvalue weighted by Crippen LogP contribution is 2.11. The van der Waals surface area contributed by atoms with E-state index in [1.807, 2.05) is 6.92 Å². The van der Waals surface area contributed by atoms with Crippen molar-refractivity contribution in [3.8, 4) is 0 Å². The third-order valence-electron chi connectivity index (χ3n) is 2.52. The quantitative estimate of drug-likeness (QED) is 0.414. The van der Waals surface area contributed by atoms with E-state index in [2.05, 4.69) is 19.6 Å². The second kappa shape index (κ2) is 13.6. The first-order chi connectivity index (χ1) is 8.74. The minimum atomic E-state index is 0.178. The highest BCUT2D eigenvalue weighted by Gasteiger charge is 2.13. The van der Waals surface area contributed by atoms with Gasteiger partial charge in [0.15, 0.2) is 0 Å². The molecular weight excluding hydrogens is 252 g/mol. The van der Waals surface area contributed by atoms with Gasteiger partial charge in [0, 0.05) is 13.7 Å². The number of hydrogen-bond acceptors (Lipinski definition) is 5. The molecule has 110 valence electrons. The van der Waals surface area contributed by atoms with E-state index in [9.17, 15) is 0 Å². The first kappa shape index (κ1) is 18.2. The summed E-state index contributed by atoms with van der Waals surface area (Å²) in [6.07, 6.45) is 2.20. The zero-order chi connectivity index (χ0) is 13.6. The van der Waals surface area contributed by atoms with Gasteiger partial charge < -0.3 is 18.9 Å². The average molecular weight is 280 g/mol. The maximum absolute atomic E-state index is 5.78. The molecule has 0 bridgehead atoms. The van der Waals surface area contributed by atoms with E-state index < -0.39 is 0 Å². The second-order valence-corrected chi connectivity index (χ2v) is 4.56. The Hall–Kier alpha value is 0.190. The summed E-state index contributed by atoms with van der Waals surface area (Å²) in [6, 6.07) is 0. The molecule has 4 nitrogen and oxygen atoms in total. The summed E-state index contributed by atoms with van der Waals surface area (Å²) in [5.41, 5.74) is 0. The van der Waals surface area contributed by atoms with E-state index in [0.29, 0.717) is 26.4 Å². The molecule has 0 amide bonds. The molecule has 0 saturated heterocycles. The summed E-state index contributed by atoms with van der Waals surface area (Å²) < 4.78 is 21.6. The highest BCUT2D eigenvalue weighted by molar-refractivity contribution is 7.80. The van der Waals surface area contributed by atoms with Gasteiger partial charge in [0.1, 0.15) is 0 Å². The SMILES string of the molecule is CCOCCOC(CCS)CC(C)OCCOC. The van der Waals surface area contributed by atoms with Crippen LogP contribution in [-0.2, 0) is 18.9 Å². The van der Waals surface area contributed by atoms with E-state index >= 15 is 0 Å². The predicted octanol–water partition coefficient (Wildman–Crippen LogP) is 2.17. The average Bonchev–Trinajstić information content (AvgIpc) is 2.35. The third-order valence-corrected chi connectivity index (χ3v) is 2.78. The van der Waals surface area contributed by atoms with Crippen molar-refractivity contribution in [1.29, 1.82) is 0 Å². The van der Waals surface area contributed by atoms with Crippen LogP contribution < -0.4 is 0 Å². The molecule has 0 aliphatic heterocycles. The summed E-state index contributed by atoms with van der Waals surface area (Å²) in [5.74, 6) is 0.824. The van der Waals surface area contributed by atoms with Crippen molar-refractivity contribution in [3.63, 3.8) is 0 Å². The number of ether oxygens (including phenoxy) is 4. The summed E-state index contributed by atoms with van der Waals surface area (Å²) in [4.78, 5) is 0. The first-order valence-electron chi connectivity index (χ1n) is 6.65. The van der Waals surface area contributed by atoms with Crippen LogP contribution in [0.2, 0.25) is 0 Å². The molecule has 0 aromatic heterocycles. The lowest BCUT2D eigenvalue weighted by atomic mass is 10.1. The van der Waals surface area contributed by atoms with Crippen molar-refractivity contribution in [2.24, 2.45) is 0 Å². The third kappa shape index (κ3) is 11.3. The number of thiol groups is 1. The van der Waals surface area contributed by atoms with E-state index in [1.54, 1.807) is 7.11 Å². The predicted molar refractivity (Wildman–Crippen MR) is 76.6 cm³/mol. The lowest BCUT2D eigenvalue weighted by Crippen LogP contribution is -2.24. The van der Waals surface area contributed by atoms with Gasteiger partial charge in [0.2, 0.25) is 0 Å². The Morgan fingerprint density at radius 1 is 1.06 bits per heavy atom. The van der Waals surface area contributed by atoms with Crippen LogP contribution in [0.3, 0.4) is 0 Å². The Balaban J connectivity index is 3.71. The fourth-order valence-corrected chi connectivity index (χ4v) is 1.89. The Bertz CT molecular complexity index is 169. The molecule has 0 N–H and O–H groups in total. The molecule has 0 heterocycles. The van der Waals surface area contributed by atoms with Crippen LogP contribution in [0.1, 0.15) is 26.7 Å². The van der Waals surface area contributed by atoms with Gasteiger partial charge in [-0.1, -0.05) is 0 Å². The zero-order valence-electron chi connectivity index (χ0n) is 11.9. The van der Waals surface area contributed by atoms with E-state index in [4.69, 9.17) is 18.9 Å². The molecular formula is C13H28O4S. The monoisotopic (exact) mass is 280 g/mol. The van der Waals surface area contributed by atoms with Crippen molar-refractivity contribution < 1.29 is 18.9 Å². The number of hydrogen-bond donors (Lipinski definition) is 1. The van der Waals surface area contributed by atoms with Gasteiger partial charge in [-0.2, -0.15) is 12.6 Å². The van der Waals surface area contributed by atoms with E-state index in [0.717, 1.165) is 25.2 Å². The minimum Gasteiger partial charge on any atom is -0.382 e. The molecule has 0 saturated carbocycles. The summed E-state index contributed by atoms with van der Waals surface area (Å²) >= 11 is 4.26. The lowest BCUT2D eigenvalue weighted by molar-refractivity contribution is -0.0371. The van der Waals surface area contributed by atoms with Gasteiger partial charge in [-0.15, -0.1) is 0 Å². The molecule has 0 spiro atoms. The van der Waals surface area contributed by atoms with Gasteiger partial charge in [-0.25, -0.2) is 0 Å². The van der Waals surface area contributed by atoms with Gasteiger partial charge >= 0.3 is 0 Å². The fraction of sp³-hybridized carbons (Fsp3) is 1.00. The molecule has 2 unspecified atom stereocenters. The second-order valence-electron chi connectivity index (χ2n) is 4.11. The summed E-state index contributed by atoms with van der Waals surface area (Å²) in [5, 5.41) is 0. The number of methoxy groups -OCH3 is 1. The van der Waals surface area contributed by atoms with Gasteiger partial charge in [-0.3, -0.25) is 0 Å². The van der Waals surface area contributed by atoms with Crippen molar-refractivity contribution in [2.45, 2.75) is 38.9 Å². The Kier molecular flexibility index (Phi) is 13.8. The highest BCUT2D eigenvalue weighted by atomic mass is 32.1. The fourth-order valence-electron chi connectivity index (χ4n) is 1.60. The molecule has 18 heavy (non-hydrogen) atoms. The van der Waals surface area contributed by atoms with Crippen molar-refractivity contribution in [2.75, 3.05) is 45.9 Å². The summed E-state index contributed by atoms with van der Waals surface area (Å²) in [7, 11) is 1.68. The minimum absolute atomic E-state index is 0.178. The topological polar surface area (TPSA) is 36.9 Å². The largest absolute Gasteiger partial charge is 0.382 e. The van der Waals surface area contributed by atoms with Crippen LogP contribution in [0.15, 0.2) is 0 Å². The van der Waals surface area contributed by atoms with E-state index in [1.165, 1.54) is 0 Å². The van der Waals surface area contributed by atoms with Crippen LogP contribution in [0.5, 0.6) is 0 Å². The standard InChI is InChI=1S/C13H28O4S/c1-4-15-7-9-17-13(5-10-18)11-12(2)16-8-6-14-3/h12-13,18H,4-11H2,1-3H3. The Morgan fingerprint density at radius 3 is 2.39 bits per heavy atom. The molecule has 0 aromatic rings. The zero-order valence-corrected chi connectivity index (χ0v) is 12.8. The Labute approximate surface area is 117 Å². The lowest BCUT2D eigenvalue weighted by Gasteiger charge is -2.21. The van der Waals surface area contributed by atoms with Crippen LogP contribution >= 0.6 is 12.6 Å². The van der Waals surface area contributed by atoms with Crippen molar-refractivity contribution >= 4 is 12.6 Å². The molecule has 0 aromatic carbocycles. The smallest absolute Gasteiger partial charge is 0.0704 e. The molecule has 5 heteroatoms. The van der Waals surface area contributed by atoms with Crippen molar-refractivity contribution in [3.05, 3.63) is 0 Å². The molecule has 0 rings (SSSR count). The maximum Gasteiger partial charge on any atom is 0.0704 e. The van der Waals surface area contributed by atoms with Crippen LogP contribution in [0, 0.1) is 0 Å². The van der Waals surface area contributed by atoms with Crippen LogP contribution in [0.25, 0.3) is 0 Å². The van der Waals surface area contributed by atoms with Gasteiger partial charge in [-0.05, 0) is 32.4 Å². The normalized spacial score (nSPS) is 14.7. The van der Waals surface area contributed by atoms with E-state index in [-0.39, 0.29) is 12.2 Å². The van der Waals surface area contributed by atoms with Crippen molar-refractivity contribution in [1.82, 2.24) is 0 Å². The molecule has 0 aliphatic rings. The van der Waals surface area contributed by atoms with Crippen LogP contribution in [0.4, 0.5) is 0 Å². The van der Waals surface area contributed by atoms with Gasteiger partial charge in [0.05, 0.1) is 38.6 Å². The first-order valence-corrected chi connectivity index (χ1v) is 7.28. The van der Waals surface area contributed by atoms with Crippen LogP contribution in [-0.4, -0.2) is 58.1 Å². The molecule has 0 aliphatic carbocycles.